The molecule has 3 aromatic rings. The summed E-state index contributed by atoms with van der Waals surface area (Å²) in [5, 5.41) is 0.438. The van der Waals surface area contributed by atoms with E-state index in [1.165, 1.54) is 50.9 Å². The highest BCUT2D eigenvalue weighted by atomic mass is 32.2. The first-order valence-corrected chi connectivity index (χ1v) is 15.4. The number of sulfonamides is 1. The lowest BCUT2D eigenvalue weighted by Crippen LogP contribution is -2.40. The quantitative estimate of drug-likeness (QED) is 0.416. The number of amides is 1. The van der Waals surface area contributed by atoms with E-state index in [1.807, 2.05) is 19.0 Å². The SMILES string of the molecule is CN(C)CCN(C(=O)c1ccc(S(=O)(=O)N2CCOCC2)cc1)c1nc2ccc(S(C)(=O)=O)cc2s1. The van der Waals surface area contributed by atoms with Crippen LogP contribution in [-0.4, -0.2) is 96.7 Å². The van der Waals surface area contributed by atoms with Crippen LogP contribution in [-0.2, 0) is 24.6 Å². The number of carbonyl (C=O) groups excluding carboxylic acids is 1. The van der Waals surface area contributed by atoms with Gasteiger partial charge in [0.05, 0.1) is 33.2 Å². The van der Waals surface area contributed by atoms with E-state index in [9.17, 15) is 21.6 Å². The molecule has 0 unspecified atom stereocenters. The Bertz CT molecular complexity index is 1460. The van der Waals surface area contributed by atoms with Gasteiger partial charge < -0.3 is 9.64 Å². The smallest absolute Gasteiger partial charge is 0.260 e. The molecular formula is C23H28N4O6S3. The maximum atomic E-state index is 13.5. The third kappa shape index (κ3) is 5.76. The number of thiazole rings is 1. The second-order valence-electron chi connectivity index (χ2n) is 8.70. The van der Waals surface area contributed by atoms with Crippen LogP contribution in [0.2, 0.25) is 0 Å². The number of morpholine rings is 1. The van der Waals surface area contributed by atoms with Gasteiger partial charge in [-0.1, -0.05) is 11.3 Å². The van der Waals surface area contributed by atoms with Crippen molar-refractivity contribution < 1.29 is 26.4 Å². The molecule has 0 bridgehead atoms. The van der Waals surface area contributed by atoms with Crippen molar-refractivity contribution in [1.29, 1.82) is 0 Å². The van der Waals surface area contributed by atoms with Crippen LogP contribution < -0.4 is 4.90 Å². The summed E-state index contributed by atoms with van der Waals surface area (Å²) in [7, 11) is -3.26. The Kier molecular flexibility index (Phi) is 7.78. The topological polar surface area (TPSA) is 117 Å². The molecule has 1 aliphatic heterocycles. The van der Waals surface area contributed by atoms with Gasteiger partial charge in [0.15, 0.2) is 15.0 Å². The average Bonchev–Trinajstić information content (AvgIpc) is 3.27. The Balaban J connectivity index is 1.64. The monoisotopic (exact) mass is 552 g/mol. The molecule has 0 N–H and O–H groups in total. The van der Waals surface area contributed by atoms with E-state index in [0.717, 1.165) is 6.26 Å². The van der Waals surface area contributed by atoms with Crippen LogP contribution >= 0.6 is 11.3 Å². The van der Waals surface area contributed by atoms with Gasteiger partial charge in [0.1, 0.15) is 0 Å². The Hall–Kier alpha value is -2.42. The molecule has 0 radical (unpaired) electrons. The van der Waals surface area contributed by atoms with E-state index in [-0.39, 0.29) is 15.7 Å². The van der Waals surface area contributed by atoms with E-state index in [1.54, 1.807) is 12.1 Å². The third-order valence-electron chi connectivity index (χ3n) is 5.73. The third-order valence-corrected chi connectivity index (χ3v) is 9.80. The van der Waals surface area contributed by atoms with Gasteiger partial charge in [0.25, 0.3) is 5.91 Å². The molecule has 194 valence electrons. The second kappa shape index (κ2) is 10.5. The molecule has 1 amide bonds. The summed E-state index contributed by atoms with van der Waals surface area (Å²) >= 11 is 1.23. The number of fused-ring (bicyclic) bond motifs is 1. The summed E-state index contributed by atoms with van der Waals surface area (Å²) in [5.41, 5.74) is 0.919. The molecule has 2 heterocycles. The summed E-state index contributed by atoms with van der Waals surface area (Å²) in [4.78, 5) is 21.9. The maximum Gasteiger partial charge on any atom is 0.260 e. The Labute approximate surface area is 215 Å². The lowest BCUT2D eigenvalue weighted by Gasteiger charge is -2.26. The predicted molar refractivity (Wildman–Crippen MR) is 139 cm³/mol. The van der Waals surface area contributed by atoms with Crippen LogP contribution in [0.5, 0.6) is 0 Å². The molecule has 36 heavy (non-hydrogen) atoms. The van der Waals surface area contributed by atoms with E-state index in [2.05, 4.69) is 4.98 Å². The molecule has 0 saturated carbocycles. The highest BCUT2D eigenvalue weighted by Crippen LogP contribution is 2.31. The van der Waals surface area contributed by atoms with Crippen molar-refractivity contribution in [1.82, 2.24) is 14.2 Å². The van der Waals surface area contributed by atoms with E-state index in [0.29, 0.717) is 60.3 Å². The number of hydrogen-bond acceptors (Lipinski definition) is 9. The molecule has 0 aliphatic carbocycles. The summed E-state index contributed by atoms with van der Waals surface area (Å²) in [5.74, 6) is -0.324. The van der Waals surface area contributed by atoms with Gasteiger partial charge in [-0.3, -0.25) is 9.69 Å². The minimum absolute atomic E-state index is 0.120. The number of likely N-dealkylation sites (N-methyl/N-ethyl adjacent to an activating group) is 1. The van der Waals surface area contributed by atoms with Crippen LogP contribution in [0.15, 0.2) is 52.3 Å². The Morgan fingerprint density at radius 3 is 2.25 bits per heavy atom. The number of benzene rings is 2. The van der Waals surface area contributed by atoms with Crippen molar-refractivity contribution in [3.8, 4) is 0 Å². The first-order valence-electron chi connectivity index (χ1n) is 11.2. The number of hydrogen-bond donors (Lipinski definition) is 0. The Morgan fingerprint density at radius 1 is 1.00 bits per heavy atom. The molecule has 0 atom stereocenters. The van der Waals surface area contributed by atoms with Crippen molar-refractivity contribution in [2.24, 2.45) is 0 Å². The molecule has 2 aromatic carbocycles. The van der Waals surface area contributed by atoms with Crippen LogP contribution in [0.3, 0.4) is 0 Å². The molecule has 1 fully saturated rings. The number of anilines is 1. The fourth-order valence-electron chi connectivity index (χ4n) is 3.68. The zero-order chi connectivity index (χ0) is 26.1. The molecule has 13 heteroatoms. The van der Waals surface area contributed by atoms with Gasteiger partial charge in [0.2, 0.25) is 10.0 Å². The lowest BCUT2D eigenvalue weighted by molar-refractivity contribution is 0.0730. The molecule has 1 aliphatic rings. The average molecular weight is 553 g/mol. The van der Waals surface area contributed by atoms with Gasteiger partial charge in [0, 0.05) is 38.0 Å². The molecule has 1 saturated heterocycles. The standard InChI is InChI=1S/C23H28N4O6S3/c1-25(2)10-11-27(23-24-20-9-8-19(35(3,29)30)16-21(20)34-23)22(28)17-4-6-18(7-5-17)36(31,32)26-12-14-33-15-13-26/h4-9,16H,10-15H2,1-3H3. The lowest BCUT2D eigenvalue weighted by atomic mass is 10.2. The van der Waals surface area contributed by atoms with Crippen LogP contribution in [0.1, 0.15) is 10.4 Å². The fraction of sp³-hybridized carbons (Fsp3) is 0.391. The number of ether oxygens (including phenoxy) is 1. The van der Waals surface area contributed by atoms with Crippen molar-refractivity contribution in [2.45, 2.75) is 9.79 Å². The van der Waals surface area contributed by atoms with Gasteiger partial charge in [-0.2, -0.15) is 4.31 Å². The summed E-state index contributed by atoms with van der Waals surface area (Å²) in [6, 6.07) is 10.6. The van der Waals surface area contributed by atoms with Gasteiger partial charge in [-0.25, -0.2) is 21.8 Å². The van der Waals surface area contributed by atoms with Gasteiger partial charge >= 0.3 is 0 Å². The highest BCUT2D eigenvalue weighted by molar-refractivity contribution is 7.90. The zero-order valence-electron chi connectivity index (χ0n) is 20.2. The predicted octanol–water partition coefficient (Wildman–Crippen LogP) is 1.93. The van der Waals surface area contributed by atoms with Crippen molar-refractivity contribution in [3.63, 3.8) is 0 Å². The molecule has 10 nitrogen and oxygen atoms in total. The minimum atomic E-state index is -3.67. The zero-order valence-corrected chi connectivity index (χ0v) is 22.7. The van der Waals surface area contributed by atoms with Gasteiger partial charge in [-0.15, -0.1) is 0 Å². The number of aromatic nitrogens is 1. The van der Waals surface area contributed by atoms with E-state index in [4.69, 9.17) is 4.74 Å². The molecule has 4 rings (SSSR count). The second-order valence-corrected chi connectivity index (χ2v) is 13.7. The van der Waals surface area contributed by atoms with Gasteiger partial charge in [-0.05, 0) is 56.6 Å². The first-order chi connectivity index (χ1) is 17.0. The molecule has 1 aromatic heterocycles. The summed E-state index contributed by atoms with van der Waals surface area (Å²) in [6.45, 7) is 2.20. The van der Waals surface area contributed by atoms with Crippen molar-refractivity contribution in [2.75, 3.05) is 64.6 Å². The van der Waals surface area contributed by atoms with E-state index >= 15 is 0 Å². The number of carbonyl (C=O) groups is 1. The molecular weight excluding hydrogens is 524 g/mol. The number of rotatable bonds is 8. The minimum Gasteiger partial charge on any atom is -0.379 e. The highest BCUT2D eigenvalue weighted by Gasteiger charge is 2.27. The maximum absolute atomic E-state index is 13.5. The van der Waals surface area contributed by atoms with Crippen molar-refractivity contribution >= 4 is 52.5 Å². The molecule has 0 spiro atoms. The first kappa shape index (κ1) is 26.6. The van der Waals surface area contributed by atoms with Crippen LogP contribution in [0.4, 0.5) is 5.13 Å². The number of sulfone groups is 1. The van der Waals surface area contributed by atoms with Crippen LogP contribution in [0, 0.1) is 0 Å². The normalized spacial score (nSPS) is 15.4. The van der Waals surface area contributed by atoms with Crippen LogP contribution in [0.25, 0.3) is 10.2 Å². The Morgan fingerprint density at radius 2 is 1.64 bits per heavy atom. The number of nitrogens with zero attached hydrogens (tertiary/aromatic N) is 4. The van der Waals surface area contributed by atoms with E-state index < -0.39 is 19.9 Å². The largest absolute Gasteiger partial charge is 0.379 e. The fourth-order valence-corrected chi connectivity index (χ4v) is 6.84. The van der Waals surface area contributed by atoms with Crippen molar-refractivity contribution in [3.05, 3.63) is 48.0 Å². The summed E-state index contributed by atoms with van der Waals surface area (Å²) < 4.78 is 57.0. The summed E-state index contributed by atoms with van der Waals surface area (Å²) in [6.07, 6.45) is 1.14.